The van der Waals surface area contributed by atoms with Gasteiger partial charge in [0.1, 0.15) is 11.5 Å². The van der Waals surface area contributed by atoms with Crippen LogP contribution in [0.25, 0.3) is 22.2 Å². The molecule has 2 aromatic heterocycles. The van der Waals surface area contributed by atoms with Gasteiger partial charge in [0.05, 0.1) is 28.9 Å². The van der Waals surface area contributed by atoms with Crippen molar-refractivity contribution in [3.8, 4) is 11.3 Å². The molecule has 0 radical (unpaired) electrons. The molecule has 4 aromatic rings. The predicted molar refractivity (Wildman–Crippen MR) is 136 cm³/mol. The van der Waals surface area contributed by atoms with Crippen LogP contribution in [0.5, 0.6) is 0 Å². The SMILES string of the molecule is Cc1cccc(Cl)c1-c1noc(C2CC2)c1CO[C@H]1CC[C@](O)(c2ccc3cccnc3c2)CC1. The number of hydrogen-bond acceptors (Lipinski definition) is 5. The highest BCUT2D eigenvalue weighted by molar-refractivity contribution is 6.33. The van der Waals surface area contributed by atoms with Crippen LogP contribution < -0.4 is 0 Å². The maximum Gasteiger partial charge on any atom is 0.145 e. The summed E-state index contributed by atoms with van der Waals surface area (Å²) >= 11 is 6.56. The number of aryl methyl sites for hydroxylation is 1. The Morgan fingerprint density at radius 1 is 1.09 bits per heavy atom. The van der Waals surface area contributed by atoms with Crippen LogP contribution in [0.3, 0.4) is 0 Å². The molecular weight excluding hydrogens is 460 g/mol. The number of nitrogens with zero attached hydrogens (tertiary/aromatic N) is 2. The largest absolute Gasteiger partial charge is 0.385 e. The molecule has 0 atom stereocenters. The zero-order valence-electron chi connectivity index (χ0n) is 19.8. The highest BCUT2D eigenvalue weighted by atomic mass is 35.5. The van der Waals surface area contributed by atoms with Crippen molar-refractivity contribution in [3.05, 3.63) is 82.2 Å². The second-order valence-electron chi connectivity index (χ2n) is 10.0. The standard InChI is InChI=1S/C29H29ClN2O3/c1-18-4-2-6-24(30)26(18)27-23(28(35-32-27)20-7-8-20)17-34-22-11-13-29(33,14-12-22)21-10-9-19-5-3-15-31-25(19)16-21/h2-6,9-10,15-16,20,22,33H,7-8,11-14,17H2,1H3/t22-,29+. The Hall–Kier alpha value is -2.73. The fraction of sp³-hybridized carbons (Fsp3) is 0.379. The van der Waals surface area contributed by atoms with Gasteiger partial charge in [0, 0.05) is 28.6 Å². The van der Waals surface area contributed by atoms with E-state index in [9.17, 15) is 5.11 Å². The fourth-order valence-electron chi connectivity index (χ4n) is 5.34. The number of halogens is 1. The van der Waals surface area contributed by atoms with Crippen molar-refractivity contribution >= 4 is 22.5 Å². The van der Waals surface area contributed by atoms with Gasteiger partial charge < -0.3 is 14.4 Å². The van der Waals surface area contributed by atoms with Gasteiger partial charge in [-0.1, -0.05) is 47.1 Å². The zero-order chi connectivity index (χ0) is 24.0. The quantitative estimate of drug-likeness (QED) is 0.314. The summed E-state index contributed by atoms with van der Waals surface area (Å²) in [5.41, 5.74) is 4.82. The summed E-state index contributed by atoms with van der Waals surface area (Å²) in [6.45, 7) is 2.49. The van der Waals surface area contributed by atoms with Crippen LogP contribution >= 0.6 is 11.6 Å². The van der Waals surface area contributed by atoms with E-state index in [1.807, 2.05) is 55.5 Å². The smallest absolute Gasteiger partial charge is 0.145 e. The van der Waals surface area contributed by atoms with Crippen molar-refractivity contribution in [3.63, 3.8) is 0 Å². The van der Waals surface area contributed by atoms with Gasteiger partial charge in [-0.25, -0.2) is 0 Å². The highest BCUT2D eigenvalue weighted by Crippen LogP contribution is 2.46. The minimum absolute atomic E-state index is 0.0796. The van der Waals surface area contributed by atoms with Crippen molar-refractivity contribution in [1.82, 2.24) is 10.1 Å². The predicted octanol–water partition coefficient (Wildman–Crippen LogP) is 7.08. The lowest BCUT2D eigenvalue weighted by atomic mass is 9.78. The number of fused-ring (bicyclic) bond motifs is 1. The van der Waals surface area contributed by atoms with Gasteiger partial charge >= 0.3 is 0 Å². The number of rotatable bonds is 6. The summed E-state index contributed by atoms with van der Waals surface area (Å²) in [6.07, 6.45) is 7.02. The van der Waals surface area contributed by atoms with Gasteiger partial charge in [0.25, 0.3) is 0 Å². The molecule has 5 nitrogen and oxygen atoms in total. The molecule has 0 saturated heterocycles. The van der Waals surface area contributed by atoms with E-state index < -0.39 is 5.60 Å². The Morgan fingerprint density at radius 3 is 2.69 bits per heavy atom. The monoisotopic (exact) mass is 488 g/mol. The third-order valence-electron chi connectivity index (χ3n) is 7.59. The molecule has 180 valence electrons. The lowest BCUT2D eigenvalue weighted by Crippen LogP contribution is -2.34. The van der Waals surface area contributed by atoms with Crippen LogP contribution in [0.2, 0.25) is 5.02 Å². The first-order valence-electron chi connectivity index (χ1n) is 12.4. The van der Waals surface area contributed by atoms with Crippen LogP contribution in [0.1, 0.15) is 66.9 Å². The molecule has 1 N–H and O–H groups in total. The summed E-state index contributed by atoms with van der Waals surface area (Å²) in [6, 6.07) is 16.0. The van der Waals surface area contributed by atoms with Gasteiger partial charge in [-0.05, 0) is 74.8 Å². The van der Waals surface area contributed by atoms with E-state index in [0.29, 0.717) is 30.4 Å². The topological polar surface area (TPSA) is 68.4 Å². The number of aliphatic hydroxyl groups is 1. The Balaban J connectivity index is 1.18. The average Bonchev–Trinajstić information content (AvgIpc) is 3.64. The summed E-state index contributed by atoms with van der Waals surface area (Å²) < 4.78 is 12.2. The molecule has 2 aliphatic rings. The second kappa shape index (κ2) is 9.05. The van der Waals surface area contributed by atoms with E-state index in [2.05, 4.69) is 10.1 Å². The molecule has 6 rings (SSSR count). The van der Waals surface area contributed by atoms with Crippen molar-refractivity contribution in [1.29, 1.82) is 0 Å². The molecule has 2 aliphatic carbocycles. The number of aromatic nitrogens is 2. The normalized spacial score (nSPS) is 22.5. The lowest BCUT2D eigenvalue weighted by molar-refractivity contribution is -0.0640. The van der Waals surface area contributed by atoms with Crippen molar-refractivity contribution < 1.29 is 14.4 Å². The van der Waals surface area contributed by atoms with Gasteiger partial charge in [-0.3, -0.25) is 4.98 Å². The van der Waals surface area contributed by atoms with Crippen LogP contribution in [-0.2, 0) is 16.9 Å². The van der Waals surface area contributed by atoms with E-state index in [-0.39, 0.29) is 6.10 Å². The summed E-state index contributed by atoms with van der Waals surface area (Å²) in [7, 11) is 0. The molecule has 0 bridgehead atoms. The van der Waals surface area contributed by atoms with E-state index in [1.165, 1.54) is 0 Å². The Labute approximate surface area is 210 Å². The lowest BCUT2D eigenvalue weighted by Gasteiger charge is -2.36. The Kier molecular flexibility index (Phi) is 5.87. The number of benzene rings is 2. The molecule has 2 heterocycles. The molecule has 2 aromatic carbocycles. The maximum atomic E-state index is 11.4. The van der Waals surface area contributed by atoms with E-state index >= 15 is 0 Å². The van der Waals surface area contributed by atoms with Crippen molar-refractivity contribution in [2.75, 3.05) is 0 Å². The minimum atomic E-state index is -0.845. The first-order chi connectivity index (χ1) is 17.0. The van der Waals surface area contributed by atoms with E-state index in [0.717, 1.165) is 70.3 Å². The summed E-state index contributed by atoms with van der Waals surface area (Å²) in [5.74, 6) is 1.37. The van der Waals surface area contributed by atoms with E-state index in [4.69, 9.17) is 20.9 Å². The van der Waals surface area contributed by atoms with Crippen LogP contribution in [0.4, 0.5) is 0 Å². The molecule has 2 saturated carbocycles. The van der Waals surface area contributed by atoms with Crippen LogP contribution in [0, 0.1) is 6.92 Å². The molecule has 2 fully saturated rings. The Morgan fingerprint density at radius 2 is 1.91 bits per heavy atom. The number of pyridine rings is 1. The third-order valence-corrected chi connectivity index (χ3v) is 7.91. The molecular formula is C29H29ClN2O3. The van der Waals surface area contributed by atoms with Gasteiger partial charge in [0.2, 0.25) is 0 Å². The van der Waals surface area contributed by atoms with E-state index in [1.54, 1.807) is 6.20 Å². The molecule has 0 spiro atoms. The van der Waals surface area contributed by atoms with Gasteiger partial charge in [-0.2, -0.15) is 0 Å². The van der Waals surface area contributed by atoms with Gasteiger partial charge in [-0.15, -0.1) is 0 Å². The average molecular weight is 489 g/mol. The minimum Gasteiger partial charge on any atom is -0.385 e. The molecule has 0 amide bonds. The number of ether oxygens (including phenoxy) is 1. The Bertz CT molecular complexity index is 1350. The van der Waals surface area contributed by atoms with Crippen LogP contribution in [-0.4, -0.2) is 21.4 Å². The third kappa shape index (κ3) is 4.37. The molecule has 35 heavy (non-hydrogen) atoms. The number of hydrogen-bond donors (Lipinski definition) is 1. The molecule has 0 aliphatic heterocycles. The first-order valence-corrected chi connectivity index (χ1v) is 12.8. The molecule has 0 unspecified atom stereocenters. The zero-order valence-corrected chi connectivity index (χ0v) is 20.6. The van der Waals surface area contributed by atoms with Crippen LogP contribution in [0.15, 0.2) is 59.3 Å². The van der Waals surface area contributed by atoms with Gasteiger partial charge in [0.15, 0.2) is 0 Å². The fourth-order valence-corrected chi connectivity index (χ4v) is 5.65. The maximum absolute atomic E-state index is 11.4. The second-order valence-corrected chi connectivity index (χ2v) is 10.4. The molecule has 6 heteroatoms. The summed E-state index contributed by atoms with van der Waals surface area (Å²) in [4.78, 5) is 4.45. The highest BCUT2D eigenvalue weighted by Gasteiger charge is 2.37. The van der Waals surface area contributed by atoms with Crippen molar-refractivity contribution in [2.45, 2.75) is 69.7 Å². The first kappa shape index (κ1) is 22.7. The summed E-state index contributed by atoms with van der Waals surface area (Å²) in [5, 5.41) is 17.6. The van der Waals surface area contributed by atoms with Crippen molar-refractivity contribution in [2.24, 2.45) is 0 Å².